The summed E-state index contributed by atoms with van der Waals surface area (Å²) in [6.07, 6.45) is 0.340. The number of rotatable bonds is 9. The Hall–Kier alpha value is -2.95. The largest absolute Gasteiger partial charge is 0.478 e. The summed E-state index contributed by atoms with van der Waals surface area (Å²) in [7, 11) is 0. The maximum absolute atomic E-state index is 9.55. The van der Waals surface area contributed by atoms with E-state index in [9.17, 15) is 9.59 Å². The van der Waals surface area contributed by atoms with E-state index in [1.807, 2.05) is 42.5 Å². The Balaban J connectivity index is 0.000000392. The number of aliphatic carboxylic acids is 2. The summed E-state index contributed by atoms with van der Waals surface area (Å²) in [6, 6.07) is 13.6. The quantitative estimate of drug-likeness (QED) is 0.331. The van der Waals surface area contributed by atoms with Crippen LogP contribution in [0.15, 0.2) is 54.6 Å². The highest BCUT2D eigenvalue weighted by Crippen LogP contribution is 2.51. The van der Waals surface area contributed by atoms with Gasteiger partial charge in [-0.1, -0.05) is 43.6 Å². The molecule has 0 bridgehead atoms. The summed E-state index contributed by atoms with van der Waals surface area (Å²) in [6.45, 7) is 9.06. The van der Waals surface area contributed by atoms with Gasteiger partial charge in [-0.2, -0.15) is 0 Å². The monoisotopic (exact) mass is 518 g/mol. The molecule has 1 saturated heterocycles. The minimum Gasteiger partial charge on any atom is -0.478 e. The molecule has 10 heteroatoms. The Bertz CT molecular complexity index is 1060. The number of benzene rings is 2. The van der Waals surface area contributed by atoms with E-state index >= 15 is 0 Å². The van der Waals surface area contributed by atoms with Gasteiger partial charge in [0.15, 0.2) is 6.29 Å². The number of hydrogen-bond donors (Lipinski definition) is 3. The molecule has 0 amide bonds. The van der Waals surface area contributed by atoms with Crippen LogP contribution in [0.4, 0.5) is 0 Å². The molecule has 1 fully saturated rings. The minimum atomic E-state index is -1.26. The topological polar surface area (TPSA) is 118 Å². The normalized spacial score (nSPS) is 19.9. The van der Waals surface area contributed by atoms with Gasteiger partial charge in [-0.3, -0.25) is 0 Å². The van der Waals surface area contributed by atoms with E-state index in [2.05, 4.69) is 24.1 Å². The van der Waals surface area contributed by atoms with Crippen LogP contribution in [0.25, 0.3) is 0 Å². The molecule has 2 aliphatic heterocycles. The average Bonchev–Trinajstić information content (AvgIpc) is 3.23. The molecule has 0 radical (unpaired) electrons. The minimum absolute atomic E-state index is 0.217. The number of para-hydroxylation sites is 1. The molecule has 0 spiro atoms. The summed E-state index contributed by atoms with van der Waals surface area (Å²) in [5, 5.41) is 19.7. The summed E-state index contributed by atoms with van der Waals surface area (Å²) >= 11 is 6.26. The Morgan fingerprint density at radius 1 is 0.972 bits per heavy atom. The molecular weight excluding hydrogens is 488 g/mol. The van der Waals surface area contributed by atoms with Crippen LogP contribution < -0.4 is 10.1 Å². The zero-order chi connectivity index (χ0) is 26.1. The first-order valence-corrected chi connectivity index (χ1v) is 12.1. The van der Waals surface area contributed by atoms with E-state index in [0.29, 0.717) is 23.7 Å². The fraction of sp³-hybridized carbons (Fsp3) is 0.385. The highest BCUT2D eigenvalue weighted by molar-refractivity contribution is 6.30. The van der Waals surface area contributed by atoms with Crippen LogP contribution in [-0.4, -0.2) is 66.1 Å². The standard InChI is InChI=1S/C22H27ClN2O3.C4H4O4/c1-3-25(4-2)12-11-24-14-20-27-21-16-7-5-6-8-18(16)26-19-10-9-15(23)13-17(19)22(21)28-20;5-3(6)1-2-4(7)8/h5-10,13,20-22,24H,3-4,11-12,14H2,1-2H3;1-2H,(H,5,6)(H,7,8)/b;2-1-. The van der Waals surface area contributed by atoms with Crippen molar-refractivity contribution in [2.24, 2.45) is 0 Å². The number of fused-ring (bicyclic) bond motifs is 5. The molecule has 3 N–H and O–H groups in total. The number of carbonyl (C=O) groups is 2. The number of nitrogens with zero attached hydrogens (tertiary/aromatic N) is 1. The Morgan fingerprint density at radius 2 is 1.58 bits per heavy atom. The van der Waals surface area contributed by atoms with Crippen LogP contribution in [0, 0.1) is 0 Å². The zero-order valence-electron chi connectivity index (χ0n) is 20.2. The van der Waals surface area contributed by atoms with Crippen molar-refractivity contribution in [2.45, 2.75) is 32.3 Å². The van der Waals surface area contributed by atoms with Gasteiger partial charge in [0.2, 0.25) is 0 Å². The lowest BCUT2D eigenvalue weighted by atomic mass is 9.98. The second kappa shape index (κ2) is 13.4. The van der Waals surface area contributed by atoms with Crippen LogP contribution in [0.3, 0.4) is 0 Å². The molecule has 2 heterocycles. The van der Waals surface area contributed by atoms with Crippen LogP contribution in [-0.2, 0) is 19.1 Å². The zero-order valence-corrected chi connectivity index (χ0v) is 21.0. The van der Waals surface area contributed by atoms with E-state index < -0.39 is 11.9 Å². The molecular formula is C26H31ClN2O7. The number of ether oxygens (including phenoxy) is 3. The average molecular weight is 519 g/mol. The molecule has 2 aromatic carbocycles. The molecule has 36 heavy (non-hydrogen) atoms. The highest BCUT2D eigenvalue weighted by Gasteiger charge is 2.42. The Kier molecular flexibility index (Phi) is 10.3. The number of likely N-dealkylation sites (N-methyl/N-ethyl adjacent to an activating group) is 1. The van der Waals surface area contributed by atoms with Crippen molar-refractivity contribution in [1.82, 2.24) is 10.2 Å². The van der Waals surface area contributed by atoms with Gasteiger partial charge in [0.25, 0.3) is 0 Å². The lowest BCUT2D eigenvalue weighted by Gasteiger charge is -2.19. The third kappa shape index (κ3) is 7.52. The Morgan fingerprint density at radius 3 is 2.22 bits per heavy atom. The molecule has 194 valence electrons. The van der Waals surface area contributed by atoms with Crippen molar-refractivity contribution in [3.63, 3.8) is 0 Å². The van der Waals surface area contributed by atoms with Gasteiger partial charge in [-0.25, -0.2) is 9.59 Å². The van der Waals surface area contributed by atoms with Crippen molar-refractivity contribution >= 4 is 23.5 Å². The molecule has 3 unspecified atom stereocenters. The van der Waals surface area contributed by atoms with Crippen molar-refractivity contribution in [2.75, 3.05) is 32.7 Å². The fourth-order valence-corrected chi connectivity index (χ4v) is 4.15. The first kappa shape index (κ1) is 27.6. The second-order valence-corrected chi connectivity index (χ2v) is 8.54. The van der Waals surface area contributed by atoms with Crippen LogP contribution in [0.1, 0.15) is 37.2 Å². The number of carboxylic acids is 2. The maximum atomic E-state index is 9.55. The molecule has 0 aromatic heterocycles. The van der Waals surface area contributed by atoms with Crippen molar-refractivity contribution in [3.8, 4) is 11.5 Å². The maximum Gasteiger partial charge on any atom is 0.328 e. The molecule has 0 saturated carbocycles. The summed E-state index contributed by atoms with van der Waals surface area (Å²) in [5.74, 6) is -0.944. The Labute approximate surface area is 215 Å². The van der Waals surface area contributed by atoms with E-state index in [1.54, 1.807) is 0 Å². The van der Waals surface area contributed by atoms with E-state index in [4.69, 9.17) is 36.0 Å². The van der Waals surface area contributed by atoms with Crippen LogP contribution in [0.5, 0.6) is 11.5 Å². The molecule has 2 aliphatic rings. The van der Waals surface area contributed by atoms with Gasteiger partial charge in [0.05, 0.1) is 0 Å². The van der Waals surface area contributed by atoms with Crippen LogP contribution in [0.2, 0.25) is 5.02 Å². The number of carboxylic acid groups (broad SMARTS) is 2. The van der Waals surface area contributed by atoms with Gasteiger partial charge in [0.1, 0.15) is 23.7 Å². The fourth-order valence-electron chi connectivity index (χ4n) is 3.97. The molecule has 9 nitrogen and oxygen atoms in total. The van der Waals surface area contributed by atoms with Gasteiger partial charge >= 0.3 is 11.9 Å². The van der Waals surface area contributed by atoms with Crippen molar-refractivity contribution in [1.29, 1.82) is 0 Å². The van der Waals surface area contributed by atoms with E-state index in [1.165, 1.54) is 0 Å². The number of halogens is 1. The summed E-state index contributed by atoms with van der Waals surface area (Å²) < 4.78 is 18.8. The van der Waals surface area contributed by atoms with Gasteiger partial charge in [-0.05, 0) is 37.4 Å². The number of hydrogen-bond acceptors (Lipinski definition) is 7. The molecule has 4 rings (SSSR count). The number of nitrogens with one attached hydrogen (secondary N) is 1. The predicted octanol–water partition coefficient (Wildman–Crippen LogP) is 4.24. The van der Waals surface area contributed by atoms with Gasteiger partial charge in [-0.15, -0.1) is 0 Å². The van der Waals surface area contributed by atoms with E-state index in [-0.39, 0.29) is 18.5 Å². The lowest BCUT2D eigenvalue weighted by molar-refractivity contribution is -0.134. The summed E-state index contributed by atoms with van der Waals surface area (Å²) in [4.78, 5) is 21.5. The molecule has 2 aromatic rings. The molecule has 3 atom stereocenters. The van der Waals surface area contributed by atoms with Crippen molar-refractivity contribution in [3.05, 3.63) is 70.8 Å². The third-order valence-electron chi connectivity index (χ3n) is 5.77. The third-order valence-corrected chi connectivity index (χ3v) is 6.01. The first-order chi connectivity index (χ1) is 17.3. The second-order valence-electron chi connectivity index (χ2n) is 8.11. The highest BCUT2D eigenvalue weighted by atomic mass is 35.5. The van der Waals surface area contributed by atoms with Gasteiger partial charge < -0.3 is 34.6 Å². The van der Waals surface area contributed by atoms with Crippen LogP contribution >= 0.6 is 11.6 Å². The lowest BCUT2D eigenvalue weighted by Crippen LogP contribution is -2.35. The smallest absolute Gasteiger partial charge is 0.328 e. The van der Waals surface area contributed by atoms with Crippen molar-refractivity contribution < 1.29 is 34.0 Å². The SMILES string of the molecule is CCN(CC)CCNCC1OC2c3ccccc3Oc3ccc(Cl)cc3C2O1.O=C(O)/C=C\C(=O)O. The van der Waals surface area contributed by atoms with Gasteiger partial charge in [0, 0.05) is 47.9 Å². The van der Waals surface area contributed by atoms with E-state index in [0.717, 1.165) is 48.8 Å². The molecule has 0 aliphatic carbocycles. The first-order valence-electron chi connectivity index (χ1n) is 11.8. The summed E-state index contributed by atoms with van der Waals surface area (Å²) in [5.41, 5.74) is 1.94. The predicted molar refractivity (Wildman–Crippen MR) is 134 cm³/mol.